The maximum absolute atomic E-state index is 12.5. The van der Waals surface area contributed by atoms with Crippen LogP contribution in [0.3, 0.4) is 0 Å². The molecule has 1 saturated heterocycles. The number of para-hydroxylation sites is 1. The second kappa shape index (κ2) is 8.10. The number of imidazole rings is 1. The van der Waals surface area contributed by atoms with Crippen LogP contribution < -0.4 is 5.32 Å². The van der Waals surface area contributed by atoms with E-state index in [1.807, 2.05) is 24.5 Å². The van der Waals surface area contributed by atoms with Crippen LogP contribution in [0.25, 0.3) is 17.1 Å². The molecule has 2 aliphatic rings. The van der Waals surface area contributed by atoms with E-state index in [0.717, 1.165) is 16.6 Å². The van der Waals surface area contributed by atoms with Crippen molar-refractivity contribution in [3.05, 3.63) is 63.2 Å². The average Bonchev–Trinajstić information content (AvgIpc) is 3.45. The highest BCUT2D eigenvalue weighted by atomic mass is 35.5. The molecule has 1 aliphatic heterocycles. The van der Waals surface area contributed by atoms with E-state index >= 15 is 0 Å². The van der Waals surface area contributed by atoms with E-state index in [1.54, 1.807) is 18.2 Å². The molecule has 1 aliphatic carbocycles. The normalized spacial score (nSPS) is 20.0. The maximum atomic E-state index is 12.5. The Morgan fingerprint density at radius 3 is 2.70 bits per heavy atom. The molecule has 1 aromatic heterocycles. The van der Waals surface area contributed by atoms with Crippen molar-refractivity contribution in [3.63, 3.8) is 0 Å². The highest BCUT2D eigenvalue weighted by molar-refractivity contribution is 8.18. The smallest absolute Gasteiger partial charge is 0.264 e. The molecule has 0 spiro atoms. The summed E-state index contributed by atoms with van der Waals surface area (Å²) in [4.78, 5) is 22.0. The van der Waals surface area contributed by atoms with Crippen LogP contribution >= 0.6 is 35.0 Å². The summed E-state index contributed by atoms with van der Waals surface area (Å²) in [6.07, 6.45) is 8.73. The van der Waals surface area contributed by atoms with Gasteiger partial charge in [-0.1, -0.05) is 48.2 Å². The third-order valence-electron chi connectivity index (χ3n) is 5.42. The number of rotatable bonds is 3. The van der Waals surface area contributed by atoms with Crippen molar-refractivity contribution in [1.29, 1.82) is 0 Å². The van der Waals surface area contributed by atoms with E-state index in [4.69, 9.17) is 23.2 Å². The quantitative estimate of drug-likeness (QED) is 0.467. The number of amides is 1. The third kappa shape index (κ3) is 3.75. The summed E-state index contributed by atoms with van der Waals surface area (Å²) in [5.41, 5.74) is 3.49. The third-order valence-corrected chi connectivity index (χ3v) is 6.94. The van der Waals surface area contributed by atoms with Gasteiger partial charge in [0, 0.05) is 6.04 Å². The van der Waals surface area contributed by atoms with E-state index in [-0.39, 0.29) is 5.91 Å². The first-order chi connectivity index (χ1) is 14.6. The molecule has 0 atom stereocenters. The molecule has 2 aromatic carbocycles. The fraction of sp³-hybridized carbons (Fsp3) is 0.227. The molecule has 152 valence electrons. The lowest BCUT2D eigenvalue weighted by molar-refractivity contribution is -0.115. The lowest BCUT2D eigenvalue weighted by atomic mass is 10.1. The molecular weight excluding hydrogens is 439 g/mol. The Balaban J connectivity index is 1.45. The van der Waals surface area contributed by atoms with Gasteiger partial charge in [-0.15, -0.1) is 0 Å². The van der Waals surface area contributed by atoms with Gasteiger partial charge in [-0.3, -0.25) is 4.79 Å². The highest BCUT2D eigenvalue weighted by Gasteiger charge is 2.25. The van der Waals surface area contributed by atoms with E-state index in [9.17, 15) is 4.79 Å². The molecule has 2 heterocycles. The van der Waals surface area contributed by atoms with Gasteiger partial charge in [0.05, 0.1) is 32.3 Å². The van der Waals surface area contributed by atoms with Crippen molar-refractivity contribution in [2.75, 3.05) is 0 Å². The van der Waals surface area contributed by atoms with Crippen LogP contribution in [0.1, 0.15) is 37.3 Å². The number of fused-ring (bicyclic) bond motifs is 1. The van der Waals surface area contributed by atoms with Crippen molar-refractivity contribution < 1.29 is 4.79 Å². The first kappa shape index (κ1) is 19.7. The Kier molecular flexibility index (Phi) is 5.31. The van der Waals surface area contributed by atoms with Gasteiger partial charge in [0.15, 0.2) is 5.17 Å². The molecule has 1 N–H and O–H groups in total. The van der Waals surface area contributed by atoms with E-state index < -0.39 is 0 Å². The van der Waals surface area contributed by atoms with Gasteiger partial charge in [-0.25, -0.2) is 9.98 Å². The van der Waals surface area contributed by atoms with Gasteiger partial charge in [-0.05, 0) is 60.5 Å². The molecule has 3 aromatic rings. The fourth-order valence-electron chi connectivity index (χ4n) is 3.94. The summed E-state index contributed by atoms with van der Waals surface area (Å²) in [6.45, 7) is 0. The zero-order chi connectivity index (χ0) is 20.7. The van der Waals surface area contributed by atoms with Gasteiger partial charge in [0.1, 0.15) is 5.69 Å². The molecule has 0 unspecified atom stereocenters. The second-order valence-electron chi connectivity index (χ2n) is 7.39. The molecule has 5 rings (SSSR count). The number of hydrogen-bond donors (Lipinski definition) is 1. The summed E-state index contributed by atoms with van der Waals surface area (Å²) >= 11 is 13.6. The first-order valence-corrected chi connectivity index (χ1v) is 11.4. The molecule has 5 nitrogen and oxygen atoms in total. The first-order valence-electron chi connectivity index (χ1n) is 9.79. The number of carbonyl (C=O) groups excluding carboxylic acids is 1. The number of carbonyl (C=O) groups is 1. The van der Waals surface area contributed by atoms with Gasteiger partial charge in [0.2, 0.25) is 0 Å². The minimum Gasteiger partial charge on any atom is -0.327 e. The van der Waals surface area contributed by atoms with E-state index in [1.165, 1.54) is 37.4 Å². The highest BCUT2D eigenvalue weighted by Crippen LogP contribution is 2.36. The zero-order valence-electron chi connectivity index (χ0n) is 15.9. The minimum atomic E-state index is -0.189. The lowest BCUT2D eigenvalue weighted by Crippen LogP contribution is -2.19. The van der Waals surface area contributed by atoms with Crippen molar-refractivity contribution >= 4 is 68.8 Å². The number of aliphatic imine (C=N–C) groups is 1. The average molecular weight is 457 g/mol. The van der Waals surface area contributed by atoms with Crippen LogP contribution in [-0.4, -0.2) is 20.6 Å². The predicted molar refractivity (Wildman–Crippen MR) is 125 cm³/mol. The van der Waals surface area contributed by atoms with Gasteiger partial charge in [0.25, 0.3) is 5.91 Å². The van der Waals surface area contributed by atoms with Crippen LogP contribution in [0.2, 0.25) is 10.0 Å². The summed E-state index contributed by atoms with van der Waals surface area (Å²) in [6, 6.07) is 11.8. The van der Waals surface area contributed by atoms with Crippen LogP contribution in [0.15, 0.2) is 52.6 Å². The van der Waals surface area contributed by atoms with Crippen molar-refractivity contribution in [3.8, 4) is 0 Å². The Morgan fingerprint density at radius 1 is 1.17 bits per heavy atom. The standard InChI is InChI=1S/C22H18Cl2N4OS/c23-15-6-3-7-16(24)20(15)26-22-27-21(29)19(30-22)11-13-8-9-17-18(10-13)28(12-25-17)14-4-1-2-5-14/h3,6-12,14H,1-2,4-5H2,(H,26,27,29)/b19-11-. The molecule has 0 radical (unpaired) electrons. The van der Waals surface area contributed by atoms with E-state index in [2.05, 4.69) is 25.9 Å². The predicted octanol–water partition coefficient (Wildman–Crippen LogP) is 6.35. The SMILES string of the molecule is O=C1NC(=Nc2c(Cl)cccc2Cl)S/C1=C\c1ccc2ncn(C3CCCC3)c2c1. The number of amidine groups is 1. The molecule has 1 saturated carbocycles. The largest absolute Gasteiger partial charge is 0.327 e. The lowest BCUT2D eigenvalue weighted by Gasteiger charge is -2.12. The Labute approximate surface area is 188 Å². The summed E-state index contributed by atoms with van der Waals surface area (Å²) in [7, 11) is 0. The van der Waals surface area contributed by atoms with Crippen LogP contribution in [0, 0.1) is 0 Å². The van der Waals surface area contributed by atoms with Crippen molar-refractivity contribution in [2.45, 2.75) is 31.7 Å². The number of aromatic nitrogens is 2. The summed E-state index contributed by atoms with van der Waals surface area (Å²) < 4.78 is 2.28. The summed E-state index contributed by atoms with van der Waals surface area (Å²) in [5, 5.41) is 4.12. The number of hydrogen-bond acceptors (Lipinski definition) is 4. The van der Waals surface area contributed by atoms with Gasteiger partial charge in [-0.2, -0.15) is 0 Å². The Bertz CT molecular complexity index is 1190. The van der Waals surface area contributed by atoms with Gasteiger partial charge >= 0.3 is 0 Å². The topological polar surface area (TPSA) is 59.3 Å². The molecule has 8 heteroatoms. The van der Waals surface area contributed by atoms with Crippen molar-refractivity contribution in [1.82, 2.24) is 14.9 Å². The number of nitrogens with one attached hydrogen (secondary N) is 1. The molecule has 1 amide bonds. The molecular formula is C22H18Cl2N4OS. The van der Waals surface area contributed by atoms with Gasteiger partial charge < -0.3 is 9.88 Å². The monoisotopic (exact) mass is 456 g/mol. The fourth-order valence-corrected chi connectivity index (χ4v) is 5.25. The van der Waals surface area contributed by atoms with Crippen LogP contribution in [0.5, 0.6) is 0 Å². The van der Waals surface area contributed by atoms with Crippen molar-refractivity contribution in [2.24, 2.45) is 4.99 Å². The Morgan fingerprint density at radius 2 is 1.93 bits per heavy atom. The Hall–Kier alpha value is -2.28. The number of halogens is 2. The second-order valence-corrected chi connectivity index (χ2v) is 9.24. The molecule has 30 heavy (non-hydrogen) atoms. The zero-order valence-corrected chi connectivity index (χ0v) is 18.3. The maximum Gasteiger partial charge on any atom is 0.264 e. The number of nitrogens with zero attached hydrogens (tertiary/aromatic N) is 3. The minimum absolute atomic E-state index is 0.189. The van der Waals surface area contributed by atoms with E-state index in [0.29, 0.717) is 31.8 Å². The summed E-state index contributed by atoms with van der Waals surface area (Å²) in [5.74, 6) is -0.189. The number of thioether (sulfide) groups is 1. The molecule has 0 bridgehead atoms. The van der Waals surface area contributed by atoms with Crippen LogP contribution in [0.4, 0.5) is 5.69 Å². The number of benzene rings is 2. The van der Waals surface area contributed by atoms with Crippen LogP contribution in [-0.2, 0) is 4.79 Å². The molecule has 2 fully saturated rings.